The molecule has 1 fully saturated rings. The molecule has 4 rings (SSSR count). The number of aliphatic hydroxyl groups is 1. The molecule has 2 aliphatic rings. The van der Waals surface area contributed by atoms with Crippen LogP contribution in [0.3, 0.4) is 0 Å². The lowest BCUT2D eigenvalue weighted by molar-refractivity contribution is 0.246. The van der Waals surface area contributed by atoms with Crippen molar-refractivity contribution in [2.24, 2.45) is 5.92 Å². The maximum atomic E-state index is 14.6. The Hall–Kier alpha value is -2.41. The van der Waals surface area contributed by atoms with Gasteiger partial charge in [-0.15, -0.1) is 0 Å². The van der Waals surface area contributed by atoms with Crippen LogP contribution in [0.15, 0.2) is 24.4 Å². The number of halogens is 1. The molecule has 0 spiro atoms. The van der Waals surface area contributed by atoms with Gasteiger partial charge in [0.25, 0.3) is 0 Å². The van der Waals surface area contributed by atoms with Crippen molar-refractivity contribution in [3.63, 3.8) is 0 Å². The highest BCUT2D eigenvalue weighted by atomic mass is 19.1. The molecular formula is C18H21FN4O2. The second kappa shape index (κ2) is 6.48. The number of urea groups is 1. The molecule has 2 amide bonds. The highest BCUT2D eigenvalue weighted by Crippen LogP contribution is 2.38. The second-order valence-corrected chi connectivity index (χ2v) is 6.87. The molecule has 2 aromatic rings. The number of benzene rings is 1. The van der Waals surface area contributed by atoms with E-state index in [2.05, 4.69) is 15.7 Å². The Morgan fingerprint density at radius 3 is 2.88 bits per heavy atom. The van der Waals surface area contributed by atoms with Crippen molar-refractivity contribution >= 4 is 11.7 Å². The number of aromatic nitrogens is 2. The molecule has 1 aliphatic heterocycles. The first-order chi connectivity index (χ1) is 12.1. The van der Waals surface area contributed by atoms with E-state index in [9.17, 15) is 9.18 Å². The Labute approximate surface area is 145 Å². The number of carbonyl (C=O) groups excluding carboxylic acids is 1. The maximum Gasteiger partial charge on any atom is 0.319 e. The summed E-state index contributed by atoms with van der Waals surface area (Å²) in [4.78, 5) is 11.9. The Balaban J connectivity index is 1.58. The van der Waals surface area contributed by atoms with Gasteiger partial charge in [-0.2, -0.15) is 5.10 Å². The fourth-order valence-corrected chi connectivity index (χ4v) is 3.33. The van der Waals surface area contributed by atoms with Crippen LogP contribution >= 0.6 is 0 Å². The fourth-order valence-electron chi connectivity index (χ4n) is 3.33. The lowest BCUT2D eigenvalue weighted by Crippen LogP contribution is -2.38. The number of fused-ring (bicyclic) bond motifs is 1. The number of hydrogen-bond donors (Lipinski definition) is 3. The molecule has 7 heteroatoms. The van der Waals surface area contributed by atoms with E-state index in [1.54, 1.807) is 23.0 Å². The zero-order valence-electron chi connectivity index (χ0n) is 13.8. The largest absolute Gasteiger partial charge is 0.390 e. The molecule has 3 N–H and O–H groups in total. The summed E-state index contributed by atoms with van der Waals surface area (Å²) in [5.74, 6) is 0.453. The van der Waals surface area contributed by atoms with Gasteiger partial charge in [-0.25, -0.2) is 9.18 Å². The molecule has 132 valence electrons. The molecule has 2 heterocycles. The Morgan fingerprint density at radius 2 is 2.16 bits per heavy atom. The summed E-state index contributed by atoms with van der Waals surface area (Å²) in [7, 11) is 0. The van der Waals surface area contributed by atoms with Crippen LogP contribution in [0.25, 0.3) is 0 Å². The summed E-state index contributed by atoms with van der Waals surface area (Å²) in [6.07, 6.45) is 6.12. The first-order valence-electron chi connectivity index (χ1n) is 8.65. The summed E-state index contributed by atoms with van der Waals surface area (Å²) in [5.41, 5.74) is 2.46. The van der Waals surface area contributed by atoms with E-state index in [-0.39, 0.29) is 31.0 Å². The van der Waals surface area contributed by atoms with Crippen molar-refractivity contribution in [3.05, 3.63) is 47.0 Å². The third kappa shape index (κ3) is 3.51. The van der Waals surface area contributed by atoms with Crippen LogP contribution in [-0.2, 0) is 13.2 Å². The minimum atomic E-state index is -0.311. The molecular weight excluding hydrogens is 323 g/mol. The Morgan fingerprint density at radius 1 is 1.32 bits per heavy atom. The van der Waals surface area contributed by atoms with Gasteiger partial charge in [0.05, 0.1) is 24.9 Å². The standard InChI is InChI=1S/C18H21FN4O2/c19-15-8-14-16(4-3-11-1-2-11)20-18(25)21-17(14)7-12(15)9-23-6-5-13(10-24)22-23/h5-8,11,16,24H,1-4,9-10H2,(H2,20,21,25)/t16-/m0/s1. The summed E-state index contributed by atoms with van der Waals surface area (Å²) < 4.78 is 16.2. The predicted octanol–water partition coefficient (Wildman–Crippen LogP) is 2.93. The average molecular weight is 344 g/mol. The number of carbonyl (C=O) groups is 1. The SMILES string of the molecule is O=C1Nc2cc(Cn3ccc(CO)n3)c(F)cc2[C@H](CCC2CC2)N1. The van der Waals surface area contributed by atoms with Gasteiger partial charge in [0.1, 0.15) is 5.82 Å². The molecule has 1 atom stereocenters. The van der Waals surface area contributed by atoms with E-state index in [1.165, 1.54) is 18.9 Å². The van der Waals surface area contributed by atoms with E-state index in [1.807, 2.05) is 0 Å². The van der Waals surface area contributed by atoms with Gasteiger partial charge < -0.3 is 15.7 Å². The molecule has 0 radical (unpaired) electrons. The van der Waals surface area contributed by atoms with Crippen molar-refractivity contribution in [2.45, 2.75) is 44.9 Å². The number of nitrogens with one attached hydrogen (secondary N) is 2. The van der Waals surface area contributed by atoms with Gasteiger partial charge in [0, 0.05) is 23.0 Å². The Bertz CT molecular complexity index is 800. The van der Waals surface area contributed by atoms with Gasteiger partial charge in [0.2, 0.25) is 0 Å². The second-order valence-electron chi connectivity index (χ2n) is 6.87. The summed E-state index contributed by atoms with van der Waals surface area (Å²) >= 11 is 0. The van der Waals surface area contributed by atoms with Gasteiger partial charge in [-0.1, -0.05) is 12.8 Å². The maximum absolute atomic E-state index is 14.6. The molecule has 25 heavy (non-hydrogen) atoms. The van der Waals surface area contributed by atoms with Crippen molar-refractivity contribution in [1.29, 1.82) is 0 Å². The molecule has 0 bridgehead atoms. The lowest BCUT2D eigenvalue weighted by atomic mass is 9.95. The van der Waals surface area contributed by atoms with Crippen molar-refractivity contribution in [2.75, 3.05) is 5.32 Å². The first-order valence-corrected chi connectivity index (χ1v) is 8.65. The smallest absolute Gasteiger partial charge is 0.319 e. The average Bonchev–Trinajstić information content (AvgIpc) is 3.31. The summed E-state index contributed by atoms with van der Waals surface area (Å²) in [5, 5.41) is 18.9. The van der Waals surface area contributed by atoms with Gasteiger partial charge in [-0.3, -0.25) is 4.68 Å². The van der Waals surface area contributed by atoms with Crippen LogP contribution in [0, 0.1) is 11.7 Å². The van der Waals surface area contributed by atoms with E-state index in [0.29, 0.717) is 16.9 Å². The molecule has 0 unspecified atom stereocenters. The fraction of sp³-hybridized carbons (Fsp3) is 0.444. The number of amides is 2. The number of anilines is 1. The monoisotopic (exact) mass is 344 g/mol. The normalized spacial score (nSPS) is 19.3. The zero-order valence-corrected chi connectivity index (χ0v) is 13.8. The molecule has 0 saturated heterocycles. The quantitative estimate of drug-likeness (QED) is 0.754. The Kier molecular flexibility index (Phi) is 4.17. The molecule has 1 aliphatic carbocycles. The van der Waals surface area contributed by atoms with E-state index in [0.717, 1.165) is 24.3 Å². The number of nitrogens with zero attached hydrogens (tertiary/aromatic N) is 2. The predicted molar refractivity (Wildman–Crippen MR) is 90.5 cm³/mol. The molecule has 1 aromatic carbocycles. The number of aliphatic hydroxyl groups excluding tert-OH is 1. The lowest BCUT2D eigenvalue weighted by Gasteiger charge is -2.28. The molecule has 1 aromatic heterocycles. The third-order valence-corrected chi connectivity index (χ3v) is 4.90. The van der Waals surface area contributed by atoms with Crippen molar-refractivity contribution in [3.8, 4) is 0 Å². The third-order valence-electron chi connectivity index (χ3n) is 4.90. The summed E-state index contributed by atoms with van der Waals surface area (Å²) in [6.45, 7) is 0.0965. The topological polar surface area (TPSA) is 79.2 Å². The van der Waals surface area contributed by atoms with Crippen LogP contribution in [0.4, 0.5) is 14.9 Å². The highest BCUT2D eigenvalue weighted by molar-refractivity contribution is 5.93. The molecule has 6 nitrogen and oxygen atoms in total. The van der Waals surface area contributed by atoms with Crippen molar-refractivity contribution < 1.29 is 14.3 Å². The van der Waals surface area contributed by atoms with E-state index < -0.39 is 0 Å². The van der Waals surface area contributed by atoms with Gasteiger partial charge in [-0.05, 0) is 37.0 Å². The van der Waals surface area contributed by atoms with Crippen LogP contribution in [-0.4, -0.2) is 20.9 Å². The van der Waals surface area contributed by atoms with Crippen molar-refractivity contribution in [1.82, 2.24) is 15.1 Å². The van der Waals surface area contributed by atoms with Crippen LogP contribution in [0.5, 0.6) is 0 Å². The highest BCUT2D eigenvalue weighted by Gasteiger charge is 2.28. The van der Waals surface area contributed by atoms with Crippen LogP contribution in [0.2, 0.25) is 0 Å². The van der Waals surface area contributed by atoms with Crippen LogP contribution < -0.4 is 10.6 Å². The van der Waals surface area contributed by atoms with Gasteiger partial charge in [0.15, 0.2) is 0 Å². The molecule has 1 saturated carbocycles. The van der Waals surface area contributed by atoms with Gasteiger partial charge >= 0.3 is 6.03 Å². The zero-order chi connectivity index (χ0) is 17.4. The minimum absolute atomic E-state index is 0.140. The number of hydrogen-bond acceptors (Lipinski definition) is 3. The minimum Gasteiger partial charge on any atom is -0.390 e. The first kappa shape index (κ1) is 16.1. The van der Waals surface area contributed by atoms with E-state index >= 15 is 0 Å². The van der Waals surface area contributed by atoms with Crippen LogP contribution in [0.1, 0.15) is 48.5 Å². The number of rotatable bonds is 6. The summed E-state index contributed by atoms with van der Waals surface area (Å²) in [6, 6.07) is 4.51. The van der Waals surface area contributed by atoms with E-state index in [4.69, 9.17) is 5.11 Å².